The summed E-state index contributed by atoms with van der Waals surface area (Å²) in [5.41, 5.74) is 1.12. The Hall–Kier alpha value is -1.40. The van der Waals surface area contributed by atoms with Crippen molar-refractivity contribution in [2.24, 2.45) is 0 Å². The monoisotopic (exact) mass is 379 g/mol. The SMILES string of the molecule is FC(F)(F)Oc1ccccc1CNc1ccc(Cl)cc1Br. The average molecular weight is 381 g/mol. The van der Waals surface area contributed by atoms with Gasteiger partial charge < -0.3 is 10.1 Å². The molecule has 2 rings (SSSR count). The van der Waals surface area contributed by atoms with Crippen molar-refractivity contribution < 1.29 is 17.9 Å². The second-order valence-corrected chi connectivity index (χ2v) is 5.42. The minimum Gasteiger partial charge on any atom is -0.405 e. The first-order valence-electron chi connectivity index (χ1n) is 5.88. The number of para-hydroxylation sites is 1. The molecule has 1 N–H and O–H groups in total. The predicted molar refractivity (Wildman–Crippen MR) is 79.6 cm³/mol. The van der Waals surface area contributed by atoms with Gasteiger partial charge in [0.15, 0.2) is 0 Å². The van der Waals surface area contributed by atoms with Crippen LogP contribution >= 0.6 is 27.5 Å². The van der Waals surface area contributed by atoms with E-state index in [1.165, 1.54) is 12.1 Å². The fourth-order valence-corrected chi connectivity index (χ4v) is 2.52. The molecule has 0 heterocycles. The second kappa shape index (κ2) is 6.58. The van der Waals surface area contributed by atoms with E-state index in [1.54, 1.807) is 30.3 Å². The van der Waals surface area contributed by atoms with Crippen LogP contribution in [0, 0.1) is 0 Å². The van der Waals surface area contributed by atoms with Gasteiger partial charge in [-0.3, -0.25) is 0 Å². The van der Waals surface area contributed by atoms with E-state index in [9.17, 15) is 13.2 Å². The van der Waals surface area contributed by atoms with Gasteiger partial charge in [-0.2, -0.15) is 0 Å². The molecule has 0 aliphatic heterocycles. The summed E-state index contributed by atoms with van der Waals surface area (Å²) in [5, 5.41) is 3.59. The number of ether oxygens (including phenoxy) is 1. The van der Waals surface area contributed by atoms with Gasteiger partial charge in [-0.15, -0.1) is 13.2 Å². The highest BCUT2D eigenvalue weighted by Crippen LogP contribution is 2.29. The van der Waals surface area contributed by atoms with Crippen molar-refractivity contribution in [3.63, 3.8) is 0 Å². The third-order valence-electron chi connectivity index (χ3n) is 2.60. The molecular weight excluding hydrogens is 371 g/mol. The molecule has 0 radical (unpaired) electrons. The lowest BCUT2D eigenvalue weighted by Crippen LogP contribution is -2.18. The molecule has 0 spiro atoms. The lowest BCUT2D eigenvalue weighted by Gasteiger charge is -2.14. The molecule has 0 amide bonds. The van der Waals surface area contributed by atoms with Gasteiger partial charge in [-0.25, -0.2) is 0 Å². The van der Waals surface area contributed by atoms with Crippen LogP contribution in [0.1, 0.15) is 5.56 Å². The Bertz CT molecular complexity index is 634. The first kappa shape index (κ1) is 16.0. The Morgan fingerprint density at radius 3 is 2.52 bits per heavy atom. The molecule has 7 heteroatoms. The standard InChI is InChI=1S/C14H10BrClF3NO/c15-11-7-10(16)5-6-12(11)20-8-9-3-1-2-4-13(9)21-14(17,18)19/h1-7,20H,8H2. The Labute approximate surface area is 133 Å². The van der Waals surface area contributed by atoms with Gasteiger partial charge in [0.25, 0.3) is 0 Å². The number of anilines is 1. The van der Waals surface area contributed by atoms with Gasteiger partial charge in [-0.1, -0.05) is 29.8 Å². The summed E-state index contributed by atoms with van der Waals surface area (Å²) in [5.74, 6) is -0.220. The van der Waals surface area contributed by atoms with Gasteiger partial charge in [0.1, 0.15) is 5.75 Å². The van der Waals surface area contributed by atoms with Gasteiger partial charge >= 0.3 is 6.36 Å². The van der Waals surface area contributed by atoms with Gasteiger partial charge in [0, 0.05) is 27.3 Å². The molecule has 2 nitrogen and oxygen atoms in total. The van der Waals surface area contributed by atoms with E-state index in [1.807, 2.05) is 0 Å². The number of benzene rings is 2. The number of rotatable bonds is 4. The highest BCUT2D eigenvalue weighted by atomic mass is 79.9. The topological polar surface area (TPSA) is 21.3 Å². The third-order valence-corrected chi connectivity index (χ3v) is 3.49. The zero-order valence-corrected chi connectivity index (χ0v) is 12.9. The molecule has 0 aliphatic rings. The van der Waals surface area contributed by atoms with Crippen LogP contribution in [0.4, 0.5) is 18.9 Å². The molecule has 21 heavy (non-hydrogen) atoms. The number of hydrogen-bond donors (Lipinski definition) is 1. The highest BCUT2D eigenvalue weighted by Gasteiger charge is 2.31. The minimum atomic E-state index is -4.71. The first-order valence-corrected chi connectivity index (χ1v) is 7.05. The maximum absolute atomic E-state index is 12.3. The number of alkyl halides is 3. The molecule has 2 aromatic rings. The van der Waals surface area contributed by atoms with E-state index in [0.29, 0.717) is 10.6 Å². The van der Waals surface area contributed by atoms with Crippen molar-refractivity contribution in [3.05, 3.63) is 57.5 Å². The van der Waals surface area contributed by atoms with Crippen LogP contribution in [0.25, 0.3) is 0 Å². The van der Waals surface area contributed by atoms with E-state index in [4.69, 9.17) is 11.6 Å². The fourth-order valence-electron chi connectivity index (χ4n) is 1.70. The van der Waals surface area contributed by atoms with Gasteiger partial charge in [0.05, 0.1) is 0 Å². The molecule has 0 atom stereocenters. The molecule has 0 aliphatic carbocycles. The molecule has 0 saturated carbocycles. The molecule has 2 aromatic carbocycles. The van der Waals surface area contributed by atoms with Crippen molar-refractivity contribution in [3.8, 4) is 5.75 Å². The van der Waals surface area contributed by atoms with Crippen molar-refractivity contribution >= 4 is 33.2 Å². The fraction of sp³-hybridized carbons (Fsp3) is 0.143. The summed E-state index contributed by atoms with van der Waals surface area (Å²) in [4.78, 5) is 0. The lowest BCUT2D eigenvalue weighted by atomic mass is 10.2. The minimum absolute atomic E-state index is 0.187. The lowest BCUT2D eigenvalue weighted by molar-refractivity contribution is -0.274. The number of nitrogens with one attached hydrogen (secondary N) is 1. The Morgan fingerprint density at radius 2 is 1.86 bits per heavy atom. The number of halogens is 5. The summed E-state index contributed by atoms with van der Waals surface area (Å²) >= 11 is 9.16. The molecule has 0 aromatic heterocycles. The summed E-state index contributed by atoms with van der Waals surface area (Å²) in [6.07, 6.45) is -4.71. The molecular formula is C14H10BrClF3NO. The maximum Gasteiger partial charge on any atom is 0.573 e. The summed E-state index contributed by atoms with van der Waals surface area (Å²) in [7, 11) is 0. The first-order chi connectivity index (χ1) is 9.85. The highest BCUT2D eigenvalue weighted by molar-refractivity contribution is 9.10. The van der Waals surface area contributed by atoms with Crippen molar-refractivity contribution in [2.75, 3.05) is 5.32 Å². The van der Waals surface area contributed by atoms with E-state index in [2.05, 4.69) is 26.0 Å². The smallest absolute Gasteiger partial charge is 0.405 e. The predicted octanol–water partition coefficient (Wildman–Crippen LogP) is 5.61. The molecule has 0 saturated heterocycles. The van der Waals surface area contributed by atoms with Crippen LogP contribution in [0.15, 0.2) is 46.9 Å². The quantitative estimate of drug-likeness (QED) is 0.744. The van der Waals surface area contributed by atoms with Crippen LogP contribution in [0.3, 0.4) is 0 Å². The number of hydrogen-bond acceptors (Lipinski definition) is 2. The molecule has 0 bridgehead atoms. The molecule has 0 unspecified atom stereocenters. The van der Waals surface area contributed by atoms with Crippen LogP contribution in [-0.2, 0) is 6.54 Å². The molecule has 0 fully saturated rings. The Morgan fingerprint density at radius 1 is 1.14 bits per heavy atom. The van der Waals surface area contributed by atoms with Gasteiger partial charge in [0.2, 0.25) is 0 Å². The van der Waals surface area contributed by atoms with E-state index >= 15 is 0 Å². The van der Waals surface area contributed by atoms with Crippen molar-refractivity contribution in [1.82, 2.24) is 0 Å². The Balaban J connectivity index is 2.13. The normalized spacial score (nSPS) is 11.3. The van der Waals surface area contributed by atoms with E-state index in [-0.39, 0.29) is 12.3 Å². The van der Waals surface area contributed by atoms with Crippen molar-refractivity contribution in [1.29, 1.82) is 0 Å². The zero-order chi connectivity index (χ0) is 15.5. The van der Waals surface area contributed by atoms with E-state index < -0.39 is 6.36 Å². The second-order valence-electron chi connectivity index (χ2n) is 4.13. The summed E-state index contributed by atoms with van der Waals surface area (Å²) < 4.78 is 41.7. The summed E-state index contributed by atoms with van der Waals surface area (Å²) in [6, 6.07) is 11.1. The Kier molecular flexibility index (Phi) is 5.00. The van der Waals surface area contributed by atoms with Crippen LogP contribution < -0.4 is 10.1 Å². The summed E-state index contributed by atoms with van der Waals surface area (Å²) in [6.45, 7) is 0.187. The average Bonchev–Trinajstić information content (AvgIpc) is 2.37. The molecule has 112 valence electrons. The van der Waals surface area contributed by atoms with Gasteiger partial charge in [-0.05, 0) is 40.2 Å². The van der Waals surface area contributed by atoms with Crippen LogP contribution in [0.2, 0.25) is 5.02 Å². The van der Waals surface area contributed by atoms with Crippen LogP contribution in [-0.4, -0.2) is 6.36 Å². The van der Waals surface area contributed by atoms with Crippen molar-refractivity contribution in [2.45, 2.75) is 12.9 Å². The zero-order valence-electron chi connectivity index (χ0n) is 10.5. The van der Waals surface area contributed by atoms with Crippen LogP contribution in [0.5, 0.6) is 5.75 Å². The van der Waals surface area contributed by atoms with E-state index in [0.717, 1.165) is 10.2 Å². The third kappa shape index (κ3) is 4.82. The largest absolute Gasteiger partial charge is 0.573 e. The maximum atomic E-state index is 12.3.